The number of hydrogen-bond acceptors (Lipinski definition) is 6. The van der Waals surface area contributed by atoms with Gasteiger partial charge in [-0.05, 0) is 44.0 Å². The van der Waals surface area contributed by atoms with Crippen LogP contribution in [-0.2, 0) is 5.54 Å². The molecule has 0 saturated heterocycles. The van der Waals surface area contributed by atoms with Crippen molar-refractivity contribution in [3.05, 3.63) is 48.5 Å². The summed E-state index contributed by atoms with van der Waals surface area (Å²) < 4.78 is 1.85. The van der Waals surface area contributed by atoms with Crippen LogP contribution >= 0.6 is 0 Å². The van der Waals surface area contributed by atoms with E-state index in [4.69, 9.17) is 10.1 Å². The summed E-state index contributed by atoms with van der Waals surface area (Å²) in [6.07, 6.45) is 7.02. The largest absolute Gasteiger partial charge is 0.282 e. The van der Waals surface area contributed by atoms with Gasteiger partial charge in [0.25, 0.3) is 0 Å². The molecule has 0 amide bonds. The van der Waals surface area contributed by atoms with Crippen LogP contribution in [0.1, 0.15) is 25.0 Å². The van der Waals surface area contributed by atoms with Gasteiger partial charge in [-0.3, -0.25) is 14.8 Å². The van der Waals surface area contributed by atoms with Crippen LogP contribution in [0.25, 0.3) is 33.5 Å². The SMILES string of the molecule is Cc1[nH]ncc1-c1cc2ncccc2c(-c2ccn(C3(CC#N)CC(C#N)C3)n2)n1. The van der Waals surface area contributed by atoms with Crippen molar-refractivity contribution in [2.75, 3.05) is 0 Å². The van der Waals surface area contributed by atoms with E-state index in [9.17, 15) is 10.5 Å². The Morgan fingerprint density at radius 3 is 2.87 bits per heavy atom. The van der Waals surface area contributed by atoms with E-state index in [0.717, 1.165) is 33.5 Å². The highest BCUT2D eigenvalue weighted by atomic mass is 15.3. The molecule has 1 aliphatic carbocycles. The van der Waals surface area contributed by atoms with Crippen LogP contribution in [0.15, 0.2) is 42.9 Å². The van der Waals surface area contributed by atoms with Gasteiger partial charge in [0.05, 0.1) is 47.4 Å². The predicted molar refractivity (Wildman–Crippen MR) is 110 cm³/mol. The van der Waals surface area contributed by atoms with Crippen molar-refractivity contribution in [1.29, 1.82) is 10.5 Å². The van der Waals surface area contributed by atoms with Crippen LogP contribution in [0.3, 0.4) is 0 Å². The van der Waals surface area contributed by atoms with Gasteiger partial charge in [-0.1, -0.05) is 0 Å². The molecule has 1 fully saturated rings. The molecule has 0 spiro atoms. The maximum Gasteiger partial charge on any atom is 0.111 e. The lowest BCUT2D eigenvalue weighted by Crippen LogP contribution is -2.46. The lowest BCUT2D eigenvalue weighted by Gasteiger charge is -2.43. The summed E-state index contributed by atoms with van der Waals surface area (Å²) in [6.45, 7) is 1.95. The molecule has 1 aliphatic rings. The highest BCUT2D eigenvalue weighted by Crippen LogP contribution is 2.46. The second kappa shape index (κ2) is 6.78. The molecule has 30 heavy (non-hydrogen) atoms. The van der Waals surface area contributed by atoms with Crippen LogP contribution in [0, 0.1) is 35.5 Å². The summed E-state index contributed by atoms with van der Waals surface area (Å²) >= 11 is 0. The molecule has 0 bridgehead atoms. The number of H-pyrrole nitrogens is 1. The molecule has 0 atom stereocenters. The Kier molecular flexibility index (Phi) is 4.07. The Morgan fingerprint density at radius 2 is 2.13 bits per heavy atom. The normalized spacial score (nSPS) is 20.4. The molecule has 4 aromatic rings. The molecule has 4 heterocycles. The monoisotopic (exact) mass is 394 g/mol. The minimum Gasteiger partial charge on any atom is -0.282 e. The summed E-state index contributed by atoms with van der Waals surface area (Å²) in [5, 5.41) is 31.3. The van der Waals surface area contributed by atoms with Crippen molar-refractivity contribution >= 4 is 10.9 Å². The molecular formula is C22H18N8. The number of aromatic amines is 1. The fourth-order valence-corrected chi connectivity index (χ4v) is 4.24. The van der Waals surface area contributed by atoms with Gasteiger partial charge in [0.1, 0.15) is 11.4 Å². The van der Waals surface area contributed by atoms with E-state index in [-0.39, 0.29) is 5.92 Å². The average Bonchev–Trinajstić information content (AvgIpc) is 3.39. The van der Waals surface area contributed by atoms with Gasteiger partial charge in [0.15, 0.2) is 0 Å². The first-order chi connectivity index (χ1) is 14.6. The molecule has 5 rings (SSSR count). The summed E-state index contributed by atoms with van der Waals surface area (Å²) in [5.74, 6) is -0.0263. The van der Waals surface area contributed by atoms with E-state index in [0.29, 0.717) is 25.0 Å². The molecule has 0 unspecified atom stereocenters. The number of nitrogens with one attached hydrogen (secondary N) is 1. The molecule has 146 valence electrons. The van der Waals surface area contributed by atoms with E-state index in [1.165, 1.54) is 0 Å². The molecule has 8 heteroatoms. The van der Waals surface area contributed by atoms with Crippen molar-refractivity contribution in [2.45, 2.75) is 31.7 Å². The first-order valence-corrected chi connectivity index (χ1v) is 9.73. The predicted octanol–water partition coefficient (Wildman–Crippen LogP) is 3.73. The van der Waals surface area contributed by atoms with E-state index >= 15 is 0 Å². The molecular weight excluding hydrogens is 376 g/mol. The van der Waals surface area contributed by atoms with Crippen molar-refractivity contribution in [3.8, 4) is 34.8 Å². The van der Waals surface area contributed by atoms with Crippen molar-refractivity contribution in [1.82, 2.24) is 29.9 Å². The van der Waals surface area contributed by atoms with Crippen LogP contribution in [0.4, 0.5) is 0 Å². The van der Waals surface area contributed by atoms with Crippen LogP contribution in [0.5, 0.6) is 0 Å². The number of pyridine rings is 2. The number of aromatic nitrogens is 6. The number of hydrogen-bond donors (Lipinski definition) is 1. The first kappa shape index (κ1) is 18.0. The first-order valence-electron chi connectivity index (χ1n) is 9.73. The van der Waals surface area contributed by atoms with Crippen molar-refractivity contribution in [2.24, 2.45) is 5.92 Å². The number of rotatable bonds is 4. The van der Waals surface area contributed by atoms with Crippen molar-refractivity contribution in [3.63, 3.8) is 0 Å². The van der Waals surface area contributed by atoms with Gasteiger partial charge in [0, 0.05) is 29.0 Å². The fourth-order valence-electron chi connectivity index (χ4n) is 4.24. The smallest absolute Gasteiger partial charge is 0.111 e. The summed E-state index contributed by atoms with van der Waals surface area (Å²) in [6, 6.07) is 12.3. The molecule has 4 aromatic heterocycles. The quantitative estimate of drug-likeness (QED) is 0.563. The van der Waals surface area contributed by atoms with Gasteiger partial charge in [0.2, 0.25) is 0 Å². The maximum atomic E-state index is 9.32. The zero-order chi connectivity index (χ0) is 20.7. The second-order valence-electron chi connectivity index (χ2n) is 7.77. The van der Waals surface area contributed by atoms with Gasteiger partial charge in [-0.15, -0.1) is 0 Å². The Bertz CT molecular complexity index is 1330. The highest BCUT2D eigenvalue weighted by Gasteiger charge is 2.46. The molecule has 1 saturated carbocycles. The standard InChI is InChI=1S/C22H18N8/c1-14-17(13-26-28-14)20-9-19-16(3-2-7-25-19)21(27-20)18-4-8-30(29-18)22(5-6-23)10-15(11-22)12-24/h2-4,7-9,13,15H,5,10-11H2,1H3,(H,26,28). The Labute approximate surface area is 172 Å². The third kappa shape index (κ3) is 2.73. The average molecular weight is 394 g/mol. The van der Waals surface area contributed by atoms with E-state index in [1.54, 1.807) is 12.4 Å². The Morgan fingerprint density at radius 1 is 1.27 bits per heavy atom. The highest BCUT2D eigenvalue weighted by molar-refractivity contribution is 5.93. The molecule has 0 aromatic carbocycles. The Hall–Kier alpha value is -4.04. The number of nitriles is 2. The van der Waals surface area contributed by atoms with E-state index in [1.807, 2.05) is 42.1 Å². The summed E-state index contributed by atoms with van der Waals surface area (Å²) in [7, 11) is 0. The maximum absolute atomic E-state index is 9.32. The fraction of sp³-hybridized carbons (Fsp3) is 0.273. The lowest BCUT2D eigenvalue weighted by molar-refractivity contribution is 0.0884. The van der Waals surface area contributed by atoms with E-state index in [2.05, 4.69) is 27.3 Å². The second-order valence-corrected chi connectivity index (χ2v) is 7.77. The molecule has 0 aliphatic heterocycles. The minimum absolute atomic E-state index is 0.0263. The topological polar surface area (TPSA) is 120 Å². The van der Waals surface area contributed by atoms with Gasteiger partial charge >= 0.3 is 0 Å². The zero-order valence-electron chi connectivity index (χ0n) is 16.4. The van der Waals surface area contributed by atoms with Gasteiger partial charge in [-0.25, -0.2) is 4.98 Å². The molecule has 1 N–H and O–H groups in total. The van der Waals surface area contributed by atoms with Crippen molar-refractivity contribution < 1.29 is 0 Å². The zero-order valence-corrected chi connectivity index (χ0v) is 16.4. The third-order valence-electron chi connectivity index (χ3n) is 5.87. The summed E-state index contributed by atoms with van der Waals surface area (Å²) in [5.41, 5.74) is 4.48. The molecule has 8 nitrogen and oxygen atoms in total. The molecule has 0 radical (unpaired) electrons. The minimum atomic E-state index is -0.416. The van der Waals surface area contributed by atoms with E-state index < -0.39 is 5.54 Å². The van der Waals surface area contributed by atoms with Gasteiger partial charge < -0.3 is 0 Å². The summed E-state index contributed by atoms with van der Waals surface area (Å²) in [4.78, 5) is 9.41. The number of nitrogens with zero attached hydrogens (tertiary/aromatic N) is 7. The van der Waals surface area contributed by atoms with Gasteiger partial charge in [-0.2, -0.15) is 20.7 Å². The number of aryl methyl sites for hydroxylation is 1. The van der Waals surface area contributed by atoms with Crippen LogP contribution in [0.2, 0.25) is 0 Å². The van der Waals surface area contributed by atoms with Crippen LogP contribution in [-0.4, -0.2) is 29.9 Å². The third-order valence-corrected chi connectivity index (χ3v) is 5.87. The van der Waals surface area contributed by atoms with Crippen LogP contribution < -0.4 is 0 Å². The Balaban J connectivity index is 1.63. The lowest BCUT2D eigenvalue weighted by atomic mass is 9.67. The number of fused-ring (bicyclic) bond motifs is 1.